The molecule has 1 saturated heterocycles. The van der Waals surface area contributed by atoms with Gasteiger partial charge in [0, 0.05) is 19.7 Å². The van der Waals surface area contributed by atoms with Gasteiger partial charge in [-0.25, -0.2) is 0 Å². The van der Waals surface area contributed by atoms with Crippen molar-refractivity contribution in [2.75, 3.05) is 20.3 Å². The summed E-state index contributed by atoms with van der Waals surface area (Å²) in [6.07, 6.45) is 3.41. The van der Waals surface area contributed by atoms with Gasteiger partial charge in [0.05, 0.1) is 6.61 Å². The molecule has 4 nitrogen and oxygen atoms in total. The number of carbonyl (C=O) groups excluding carboxylic acids is 1. The topological polar surface area (TPSA) is 55.6 Å². The minimum atomic E-state index is -0.513. The maximum absolute atomic E-state index is 12.4. The standard InChI is InChI=1S/C14H26N2O2.ClH/c1-13(2)5-10-6-14(3,8-13)9-16(10)12(17)11(15)7-18-4;/h10-11H,5-9,15H2,1-4H3;1H. The number of carbonyl (C=O) groups is 1. The van der Waals surface area contributed by atoms with E-state index in [0.29, 0.717) is 18.1 Å². The molecule has 1 aliphatic carbocycles. The summed E-state index contributed by atoms with van der Waals surface area (Å²) in [7, 11) is 1.58. The molecular weight excluding hydrogens is 264 g/mol. The Morgan fingerprint density at radius 3 is 2.63 bits per heavy atom. The van der Waals surface area contributed by atoms with E-state index in [1.165, 1.54) is 6.42 Å². The fourth-order valence-electron chi connectivity index (χ4n) is 4.18. The predicted octanol–water partition coefficient (Wildman–Crippen LogP) is 1.81. The number of nitrogens with two attached hydrogens (primary N) is 1. The summed E-state index contributed by atoms with van der Waals surface area (Å²) in [5.41, 5.74) is 6.49. The molecule has 2 rings (SSSR count). The number of hydrogen-bond acceptors (Lipinski definition) is 3. The van der Waals surface area contributed by atoms with Crippen LogP contribution in [0.1, 0.15) is 40.0 Å². The third kappa shape index (κ3) is 3.41. The van der Waals surface area contributed by atoms with Crippen LogP contribution in [0.3, 0.4) is 0 Å². The van der Waals surface area contributed by atoms with Crippen molar-refractivity contribution in [3.05, 3.63) is 0 Å². The molecule has 0 aromatic heterocycles. The Hall–Kier alpha value is -0.320. The van der Waals surface area contributed by atoms with Gasteiger partial charge in [-0.15, -0.1) is 12.4 Å². The number of ether oxygens (including phenoxy) is 1. The molecule has 19 heavy (non-hydrogen) atoms. The third-order valence-electron chi connectivity index (χ3n) is 4.36. The molecule has 3 unspecified atom stereocenters. The van der Waals surface area contributed by atoms with Gasteiger partial charge < -0.3 is 15.4 Å². The zero-order chi connectivity index (χ0) is 13.6. The Bertz CT molecular complexity index is 348. The first-order chi connectivity index (χ1) is 8.26. The molecule has 0 radical (unpaired) electrons. The number of likely N-dealkylation sites (tertiary alicyclic amines) is 1. The molecule has 1 heterocycles. The molecule has 1 aliphatic heterocycles. The van der Waals surface area contributed by atoms with Crippen molar-refractivity contribution in [3.63, 3.8) is 0 Å². The van der Waals surface area contributed by atoms with Gasteiger partial charge in [-0.2, -0.15) is 0 Å². The Labute approximate surface area is 122 Å². The number of nitrogens with zero attached hydrogens (tertiary/aromatic N) is 1. The van der Waals surface area contributed by atoms with Crippen LogP contribution in [0.25, 0.3) is 0 Å². The van der Waals surface area contributed by atoms with Gasteiger partial charge in [-0.1, -0.05) is 20.8 Å². The highest BCUT2D eigenvalue weighted by Gasteiger charge is 2.51. The van der Waals surface area contributed by atoms with E-state index in [1.54, 1.807) is 7.11 Å². The zero-order valence-electron chi connectivity index (χ0n) is 12.4. The summed E-state index contributed by atoms with van der Waals surface area (Å²) >= 11 is 0. The van der Waals surface area contributed by atoms with Crippen molar-refractivity contribution < 1.29 is 9.53 Å². The molecule has 2 fully saturated rings. The number of amides is 1. The average Bonchev–Trinajstić information content (AvgIpc) is 2.47. The summed E-state index contributed by atoms with van der Waals surface area (Å²) in [4.78, 5) is 14.4. The van der Waals surface area contributed by atoms with E-state index < -0.39 is 6.04 Å². The van der Waals surface area contributed by atoms with Crippen molar-refractivity contribution in [1.29, 1.82) is 0 Å². The van der Waals surface area contributed by atoms with Crippen molar-refractivity contribution in [2.45, 2.75) is 52.1 Å². The van der Waals surface area contributed by atoms with Crippen LogP contribution in [0, 0.1) is 10.8 Å². The van der Waals surface area contributed by atoms with Crippen LogP contribution in [-0.4, -0.2) is 43.2 Å². The molecule has 3 atom stereocenters. The van der Waals surface area contributed by atoms with Gasteiger partial charge >= 0.3 is 0 Å². The first-order valence-electron chi connectivity index (χ1n) is 6.81. The van der Waals surface area contributed by atoms with E-state index in [0.717, 1.165) is 19.4 Å². The molecule has 2 N–H and O–H groups in total. The largest absolute Gasteiger partial charge is 0.383 e. The molecule has 5 heteroatoms. The van der Waals surface area contributed by atoms with Crippen molar-refractivity contribution >= 4 is 18.3 Å². The van der Waals surface area contributed by atoms with E-state index >= 15 is 0 Å². The molecule has 1 saturated carbocycles. The molecule has 2 bridgehead atoms. The minimum Gasteiger partial charge on any atom is -0.383 e. The second-order valence-electron chi connectivity index (χ2n) is 7.24. The zero-order valence-corrected chi connectivity index (χ0v) is 13.3. The summed E-state index contributed by atoms with van der Waals surface area (Å²) in [5, 5.41) is 0. The lowest BCUT2D eigenvalue weighted by Crippen LogP contribution is -2.48. The highest BCUT2D eigenvalue weighted by atomic mass is 35.5. The summed E-state index contributed by atoms with van der Waals surface area (Å²) in [6, 6.07) is -0.143. The maximum Gasteiger partial charge on any atom is 0.242 e. The van der Waals surface area contributed by atoms with Gasteiger partial charge in [0.2, 0.25) is 5.91 Å². The molecule has 0 aromatic rings. The third-order valence-corrected chi connectivity index (χ3v) is 4.36. The lowest BCUT2D eigenvalue weighted by Gasteiger charge is -2.39. The lowest BCUT2D eigenvalue weighted by molar-refractivity contribution is -0.134. The number of fused-ring (bicyclic) bond motifs is 2. The first-order valence-corrected chi connectivity index (χ1v) is 6.81. The van der Waals surface area contributed by atoms with Crippen LogP contribution in [0.2, 0.25) is 0 Å². The SMILES string of the molecule is COCC(N)C(=O)N1CC2(C)CC1CC(C)(C)C2.Cl. The lowest BCUT2D eigenvalue weighted by atomic mass is 9.65. The van der Waals surface area contributed by atoms with Gasteiger partial charge in [0.15, 0.2) is 0 Å². The smallest absolute Gasteiger partial charge is 0.242 e. The molecule has 0 spiro atoms. The Balaban J connectivity index is 0.00000180. The van der Waals surface area contributed by atoms with Crippen LogP contribution in [0.4, 0.5) is 0 Å². The summed E-state index contributed by atoms with van der Waals surface area (Å²) < 4.78 is 4.99. The van der Waals surface area contributed by atoms with Crippen molar-refractivity contribution in [3.8, 4) is 0 Å². The quantitative estimate of drug-likeness (QED) is 0.862. The monoisotopic (exact) mass is 290 g/mol. The minimum absolute atomic E-state index is 0. The Kier molecular flexibility index (Phi) is 4.92. The molecule has 1 amide bonds. The van der Waals surface area contributed by atoms with Gasteiger partial charge in [0.1, 0.15) is 6.04 Å². The normalized spacial score (nSPS) is 33.7. The second kappa shape index (κ2) is 5.58. The van der Waals surface area contributed by atoms with Crippen LogP contribution in [0.15, 0.2) is 0 Å². The Morgan fingerprint density at radius 1 is 1.42 bits per heavy atom. The Morgan fingerprint density at radius 2 is 2.05 bits per heavy atom. The van der Waals surface area contributed by atoms with Gasteiger partial charge in [-0.05, 0) is 30.1 Å². The van der Waals surface area contributed by atoms with E-state index in [4.69, 9.17) is 10.5 Å². The molecule has 2 aliphatic rings. The number of methoxy groups -OCH3 is 1. The van der Waals surface area contributed by atoms with E-state index in [9.17, 15) is 4.79 Å². The van der Waals surface area contributed by atoms with E-state index in [-0.39, 0.29) is 23.7 Å². The van der Waals surface area contributed by atoms with E-state index in [2.05, 4.69) is 20.8 Å². The van der Waals surface area contributed by atoms with Crippen molar-refractivity contribution in [2.24, 2.45) is 16.6 Å². The number of hydrogen-bond donors (Lipinski definition) is 1. The first kappa shape index (κ1) is 16.7. The van der Waals surface area contributed by atoms with Crippen LogP contribution < -0.4 is 5.73 Å². The predicted molar refractivity (Wildman–Crippen MR) is 78.3 cm³/mol. The van der Waals surface area contributed by atoms with Crippen LogP contribution >= 0.6 is 12.4 Å². The van der Waals surface area contributed by atoms with Gasteiger partial charge in [0.25, 0.3) is 0 Å². The fourth-order valence-corrected chi connectivity index (χ4v) is 4.18. The molecular formula is C14H27ClN2O2. The second-order valence-corrected chi connectivity index (χ2v) is 7.24. The maximum atomic E-state index is 12.4. The highest BCUT2D eigenvalue weighted by Crippen LogP contribution is 2.52. The fraction of sp³-hybridized carbons (Fsp3) is 0.929. The summed E-state index contributed by atoms with van der Waals surface area (Å²) in [6.45, 7) is 8.08. The molecule has 0 aromatic carbocycles. The number of halogens is 1. The van der Waals surface area contributed by atoms with Crippen LogP contribution in [0.5, 0.6) is 0 Å². The number of rotatable bonds is 3. The van der Waals surface area contributed by atoms with E-state index in [1.807, 2.05) is 4.90 Å². The molecule has 112 valence electrons. The van der Waals surface area contributed by atoms with Gasteiger partial charge in [-0.3, -0.25) is 4.79 Å². The highest BCUT2D eigenvalue weighted by molar-refractivity contribution is 5.85. The summed E-state index contributed by atoms with van der Waals surface area (Å²) in [5.74, 6) is 0.0586. The van der Waals surface area contributed by atoms with Crippen molar-refractivity contribution in [1.82, 2.24) is 4.90 Å². The van der Waals surface area contributed by atoms with Crippen LogP contribution in [-0.2, 0) is 9.53 Å². The average molecular weight is 291 g/mol.